The van der Waals surface area contributed by atoms with Gasteiger partial charge < -0.3 is 15.4 Å². The highest BCUT2D eigenvalue weighted by atomic mass is 16.5. The van der Waals surface area contributed by atoms with Crippen molar-refractivity contribution in [2.75, 3.05) is 30.3 Å². The van der Waals surface area contributed by atoms with Crippen molar-refractivity contribution in [2.24, 2.45) is 5.92 Å². The molecule has 1 aliphatic rings. The maximum Gasteiger partial charge on any atom is 0.239 e. The van der Waals surface area contributed by atoms with Crippen molar-refractivity contribution >= 4 is 11.5 Å². The first kappa shape index (κ1) is 14.0. The summed E-state index contributed by atoms with van der Waals surface area (Å²) < 4.78 is 5.70. The van der Waals surface area contributed by atoms with Crippen LogP contribution in [0.2, 0.25) is 0 Å². The lowest BCUT2D eigenvalue weighted by Gasteiger charge is -2.22. The molecule has 0 aromatic carbocycles. The highest BCUT2D eigenvalue weighted by molar-refractivity contribution is 5.54. The molecule has 1 aromatic heterocycles. The molecule has 0 unspecified atom stereocenters. The standard InChI is InChI=1S/C15H25N3O/c1-12(2)11-19-15-13(16)7-8-14(17-15)18-9-5-3-4-6-10-18/h7-8,12H,3-6,9-11,16H2,1-2H3. The Morgan fingerprint density at radius 1 is 1.21 bits per heavy atom. The molecule has 1 aliphatic heterocycles. The normalized spacial score (nSPS) is 16.5. The monoisotopic (exact) mass is 263 g/mol. The lowest BCUT2D eigenvalue weighted by atomic mass is 10.2. The van der Waals surface area contributed by atoms with Gasteiger partial charge in [0.05, 0.1) is 12.3 Å². The predicted octanol–water partition coefficient (Wildman–Crippen LogP) is 3.08. The smallest absolute Gasteiger partial charge is 0.239 e. The summed E-state index contributed by atoms with van der Waals surface area (Å²) in [5.41, 5.74) is 6.55. The Morgan fingerprint density at radius 2 is 1.89 bits per heavy atom. The van der Waals surface area contributed by atoms with Crippen LogP contribution in [0, 0.1) is 5.92 Å². The summed E-state index contributed by atoms with van der Waals surface area (Å²) >= 11 is 0. The number of anilines is 2. The summed E-state index contributed by atoms with van der Waals surface area (Å²) in [5.74, 6) is 2.05. The molecule has 1 saturated heterocycles. The number of nitrogen functional groups attached to an aromatic ring is 1. The van der Waals surface area contributed by atoms with Gasteiger partial charge in [-0.25, -0.2) is 0 Å². The molecule has 19 heavy (non-hydrogen) atoms. The second-order valence-corrected chi connectivity index (χ2v) is 5.67. The third kappa shape index (κ3) is 4.01. The Morgan fingerprint density at radius 3 is 2.53 bits per heavy atom. The third-order valence-corrected chi connectivity index (χ3v) is 3.36. The second kappa shape index (κ2) is 6.64. The summed E-state index contributed by atoms with van der Waals surface area (Å²) in [6.07, 6.45) is 5.13. The van der Waals surface area contributed by atoms with E-state index in [1.165, 1.54) is 25.7 Å². The van der Waals surface area contributed by atoms with Crippen molar-refractivity contribution in [1.82, 2.24) is 4.98 Å². The molecule has 0 amide bonds. The Kier molecular flexibility index (Phi) is 4.88. The quantitative estimate of drug-likeness (QED) is 0.907. The van der Waals surface area contributed by atoms with Crippen LogP contribution in [0.4, 0.5) is 11.5 Å². The number of nitrogens with zero attached hydrogens (tertiary/aromatic N) is 2. The molecule has 0 saturated carbocycles. The molecule has 0 spiro atoms. The lowest BCUT2D eigenvalue weighted by molar-refractivity contribution is 0.263. The van der Waals surface area contributed by atoms with E-state index in [4.69, 9.17) is 10.5 Å². The van der Waals surface area contributed by atoms with Crippen LogP contribution in [0.15, 0.2) is 12.1 Å². The van der Waals surface area contributed by atoms with Crippen molar-refractivity contribution in [2.45, 2.75) is 39.5 Å². The molecular formula is C15H25N3O. The average molecular weight is 263 g/mol. The van der Waals surface area contributed by atoms with Crippen LogP contribution in [0.5, 0.6) is 5.88 Å². The second-order valence-electron chi connectivity index (χ2n) is 5.67. The minimum Gasteiger partial charge on any atom is -0.476 e. The van der Waals surface area contributed by atoms with Gasteiger partial charge in [-0.15, -0.1) is 0 Å². The van der Waals surface area contributed by atoms with Crippen LogP contribution in [-0.2, 0) is 0 Å². The Bertz CT molecular complexity index is 398. The molecule has 4 heteroatoms. The molecule has 1 aromatic rings. The molecule has 0 atom stereocenters. The molecule has 4 nitrogen and oxygen atoms in total. The number of hydrogen-bond donors (Lipinski definition) is 1. The number of rotatable bonds is 4. The lowest BCUT2D eigenvalue weighted by Crippen LogP contribution is -2.25. The maximum absolute atomic E-state index is 5.93. The minimum atomic E-state index is 0.475. The number of ether oxygens (including phenoxy) is 1. The molecule has 0 bridgehead atoms. The van der Waals surface area contributed by atoms with Crippen LogP contribution < -0.4 is 15.4 Å². The van der Waals surface area contributed by atoms with E-state index in [0.29, 0.717) is 24.1 Å². The topological polar surface area (TPSA) is 51.4 Å². The fourth-order valence-corrected chi connectivity index (χ4v) is 2.28. The molecule has 1 fully saturated rings. The highest BCUT2D eigenvalue weighted by Gasteiger charge is 2.13. The molecule has 0 aliphatic carbocycles. The molecule has 0 radical (unpaired) electrons. The van der Waals surface area contributed by atoms with E-state index in [9.17, 15) is 0 Å². The van der Waals surface area contributed by atoms with E-state index in [1.54, 1.807) is 0 Å². The summed E-state index contributed by atoms with van der Waals surface area (Å²) in [7, 11) is 0. The van der Waals surface area contributed by atoms with E-state index < -0.39 is 0 Å². The first-order chi connectivity index (χ1) is 9.16. The molecule has 2 rings (SSSR count). The number of nitrogens with two attached hydrogens (primary N) is 1. The molecule has 106 valence electrons. The fourth-order valence-electron chi connectivity index (χ4n) is 2.28. The number of pyridine rings is 1. The predicted molar refractivity (Wildman–Crippen MR) is 79.7 cm³/mol. The largest absolute Gasteiger partial charge is 0.476 e. The fraction of sp³-hybridized carbons (Fsp3) is 0.667. The highest BCUT2D eigenvalue weighted by Crippen LogP contribution is 2.25. The van der Waals surface area contributed by atoms with Gasteiger partial charge in [-0.3, -0.25) is 0 Å². The van der Waals surface area contributed by atoms with Crippen LogP contribution in [-0.4, -0.2) is 24.7 Å². The molecule has 2 heterocycles. The zero-order valence-corrected chi connectivity index (χ0v) is 12.1. The van der Waals surface area contributed by atoms with Gasteiger partial charge in [0, 0.05) is 13.1 Å². The van der Waals surface area contributed by atoms with Crippen LogP contribution >= 0.6 is 0 Å². The molecular weight excluding hydrogens is 238 g/mol. The van der Waals surface area contributed by atoms with Crippen LogP contribution in [0.25, 0.3) is 0 Å². The van der Waals surface area contributed by atoms with Gasteiger partial charge in [0.15, 0.2) is 0 Å². The first-order valence-corrected chi connectivity index (χ1v) is 7.31. The SMILES string of the molecule is CC(C)COc1nc(N2CCCCCC2)ccc1N. The van der Waals surface area contributed by atoms with Gasteiger partial charge in [-0.1, -0.05) is 26.7 Å². The van der Waals surface area contributed by atoms with E-state index in [1.807, 2.05) is 12.1 Å². The van der Waals surface area contributed by atoms with Crippen LogP contribution in [0.1, 0.15) is 39.5 Å². The minimum absolute atomic E-state index is 0.475. The summed E-state index contributed by atoms with van der Waals surface area (Å²) in [6, 6.07) is 3.91. The van der Waals surface area contributed by atoms with Crippen molar-refractivity contribution < 1.29 is 4.74 Å². The zero-order chi connectivity index (χ0) is 13.7. The van der Waals surface area contributed by atoms with Gasteiger partial charge in [0.1, 0.15) is 5.82 Å². The van der Waals surface area contributed by atoms with Gasteiger partial charge in [0.25, 0.3) is 0 Å². The Labute approximate surface area is 116 Å². The van der Waals surface area contributed by atoms with Gasteiger partial charge in [-0.05, 0) is 30.9 Å². The first-order valence-electron chi connectivity index (χ1n) is 7.31. The number of aromatic nitrogens is 1. The summed E-state index contributed by atoms with van der Waals surface area (Å²) in [5, 5.41) is 0. The van der Waals surface area contributed by atoms with E-state index in [2.05, 4.69) is 23.7 Å². The van der Waals surface area contributed by atoms with Crippen molar-refractivity contribution in [3.63, 3.8) is 0 Å². The maximum atomic E-state index is 5.93. The third-order valence-electron chi connectivity index (χ3n) is 3.36. The van der Waals surface area contributed by atoms with Crippen molar-refractivity contribution in [3.8, 4) is 5.88 Å². The summed E-state index contributed by atoms with van der Waals surface area (Å²) in [4.78, 5) is 6.93. The average Bonchev–Trinajstić information content (AvgIpc) is 2.66. The molecule has 2 N–H and O–H groups in total. The van der Waals surface area contributed by atoms with Crippen LogP contribution in [0.3, 0.4) is 0 Å². The van der Waals surface area contributed by atoms with E-state index in [-0.39, 0.29) is 0 Å². The van der Waals surface area contributed by atoms with E-state index >= 15 is 0 Å². The zero-order valence-electron chi connectivity index (χ0n) is 12.1. The van der Waals surface area contributed by atoms with Gasteiger partial charge in [-0.2, -0.15) is 4.98 Å². The van der Waals surface area contributed by atoms with Gasteiger partial charge in [0.2, 0.25) is 5.88 Å². The van der Waals surface area contributed by atoms with Crippen molar-refractivity contribution in [3.05, 3.63) is 12.1 Å². The van der Waals surface area contributed by atoms with Gasteiger partial charge >= 0.3 is 0 Å². The Hall–Kier alpha value is -1.45. The van der Waals surface area contributed by atoms with Crippen molar-refractivity contribution in [1.29, 1.82) is 0 Å². The Balaban J connectivity index is 2.10. The summed E-state index contributed by atoms with van der Waals surface area (Å²) in [6.45, 7) is 7.06. The number of hydrogen-bond acceptors (Lipinski definition) is 4. The van der Waals surface area contributed by atoms with E-state index in [0.717, 1.165) is 18.9 Å².